The second-order valence-corrected chi connectivity index (χ2v) is 9.49. The molecule has 228 valence electrons. The lowest BCUT2D eigenvalue weighted by Crippen LogP contribution is -2.16. The molecule has 0 bridgehead atoms. The highest BCUT2D eigenvalue weighted by Gasteiger charge is 2.22. The van der Waals surface area contributed by atoms with Gasteiger partial charge in [0.15, 0.2) is 34.5 Å². The lowest BCUT2D eigenvalue weighted by atomic mass is 10.0. The fraction of sp³-hybridized carbons (Fsp3) is 0.312. The average Bonchev–Trinajstić information content (AvgIpc) is 3.32. The Kier molecular flexibility index (Phi) is 9.87. The molecule has 3 aromatic carbocycles. The first-order valence-electron chi connectivity index (χ1n) is 13.4. The minimum atomic E-state index is -0.386. The summed E-state index contributed by atoms with van der Waals surface area (Å²) in [6.45, 7) is 0. The Bertz CT molecular complexity index is 1570. The van der Waals surface area contributed by atoms with Crippen LogP contribution in [0.5, 0.6) is 40.2 Å². The zero-order valence-corrected chi connectivity index (χ0v) is 25.7. The van der Waals surface area contributed by atoms with E-state index in [1.54, 1.807) is 40.6 Å². The van der Waals surface area contributed by atoms with Gasteiger partial charge in [0.2, 0.25) is 11.7 Å². The monoisotopic (exact) mass is 591 g/mol. The summed E-state index contributed by atoms with van der Waals surface area (Å²) in [6, 6.07) is 14.7. The molecule has 1 N–H and O–H groups in total. The van der Waals surface area contributed by atoms with E-state index in [1.807, 2.05) is 48.0 Å². The van der Waals surface area contributed by atoms with Gasteiger partial charge in [0.05, 0.1) is 55.5 Å². The van der Waals surface area contributed by atoms with E-state index >= 15 is 0 Å². The number of imidazole rings is 1. The minimum absolute atomic E-state index is 0.320. The summed E-state index contributed by atoms with van der Waals surface area (Å²) in [7, 11) is 12.8. The molecule has 0 saturated heterocycles. The number of amides is 1. The van der Waals surface area contributed by atoms with Gasteiger partial charge in [-0.2, -0.15) is 0 Å². The number of carbonyl (C=O) groups is 1. The zero-order chi connectivity index (χ0) is 31.1. The van der Waals surface area contributed by atoms with Crippen LogP contribution in [0.3, 0.4) is 0 Å². The number of carbonyl (C=O) groups excluding carboxylic acids is 1. The average molecular weight is 592 g/mol. The quantitative estimate of drug-likeness (QED) is 0.232. The Morgan fingerprint density at radius 1 is 0.651 bits per heavy atom. The van der Waals surface area contributed by atoms with Crippen molar-refractivity contribution < 1.29 is 38.0 Å². The Labute approximate surface area is 251 Å². The molecule has 0 aliphatic carbocycles. The maximum atomic E-state index is 13.5. The van der Waals surface area contributed by atoms with Gasteiger partial charge in [-0.15, -0.1) is 0 Å². The molecule has 1 amide bonds. The summed E-state index contributed by atoms with van der Waals surface area (Å²) in [5, 5.41) is 2.95. The maximum Gasteiger partial charge on any atom is 0.258 e. The standard InChI is InChI=1S/C32H37N3O8/c1-35-23(14-20-10-12-25(38-3)27(16-20)40-5)22(13-19-9-11-24(37-2)26(15-19)39-4)33-32(35)34-31(36)21-17-28(41-6)30(43-8)29(18-21)42-7/h9-12,15-18H,13-14H2,1-8H3,(H,33,34,36). The third-order valence-corrected chi connectivity index (χ3v) is 7.09. The number of methoxy groups -OCH3 is 7. The number of hydrogen-bond donors (Lipinski definition) is 1. The minimum Gasteiger partial charge on any atom is -0.493 e. The molecule has 0 unspecified atom stereocenters. The van der Waals surface area contributed by atoms with E-state index < -0.39 is 0 Å². The SMILES string of the molecule is COc1ccc(Cc2nc(NC(=O)c3cc(OC)c(OC)c(OC)c3)n(C)c2Cc2ccc(OC)c(OC)c2)cc1OC. The van der Waals surface area contributed by atoms with E-state index in [9.17, 15) is 4.79 Å². The Morgan fingerprint density at radius 2 is 1.14 bits per heavy atom. The number of benzene rings is 3. The third kappa shape index (κ3) is 6.56. The van der Waals surface area contributed by atoms with Gasteiger partial charge >= 0.3 is 0 Å². The van der Waals surface area contributed by atoms with Crippen molar-refractivity contribution in [3.05, 3.63) is 76.6 Å². The first-order valence-corrected chi connectivity index (χ1v) is 13.4. The van der Waals surface area contributed by atoms with E-state index in [1.165, 1.54) is 21.3 Å². The molecule has 0 spiro atoms. The Morgan fingerprint density at radius 3 is 1.60 bits per heavy atom. The van der Waals surface area contributed by atoms with Gasteiger partial charge in [0, 0.05) is 31.1 Å². The number of anilines is 1. The van der Waals surface area contributed by atoms with Gasteiger partial charge in [-0.25, -0.2) is 4.98 Å². The summed E-state index contributed by atoms with van der Waals surface area (Å²) in [4.78, 5) is 18.3. The lowest BCUT2D eigenvalue weighted by Gasteiger charge is -2.14. The highest BCUT2D eigenvalue weighted by molar-refractivity contribution is 6.04. The van der Waals surface area contributed by atoms with Crippen LogP contribution >= 0.6 is 0 Å². The van der Waals surface area contributed by atoms with E-state index in [4.69, 9.17) is 38.1 Å². The van der Waals surface area contributed by atoms with Crippen LogP contribution in [0.15, 0.2) is 48.5 Å². The second kappa shape index (κ2) is 13.7. The van der Waals surface area contributed by atoms with Gasteiger partial charge in [0.25, 0.3) is 5.91 Å². The fourth-order valence-corrected chi connectivity index (χ4v) is 4.82. The van der Waals surface area contributed by atoms with Crippen LogP contribution in [0.4, 0.5) is 5.95 Å². The summed E-state index contributed by atoms with van der Waals surface area (Å²) in [6.07, 6.45) is 1.00. The van der Waals surface area contributed by atoms with Crippen molar-refractivity contribution in [2.75, 3.05) is 55.1 Å². The van der Waals surface area contributed by atoms with Crippen LogP contribution in [0.1, 0.15) is 32.9 Å². The van der Waals surface area contributed by atoms with Crippen molar-refractivity contribution in [1.29, 1.82) is 0 Å². The number of nitrogens with zero attached hydrogens (tertiary/aromatic N) is 2. The number of nitrogens with one attached hydrogen (secondary N) is 1. The smallest absolute Gasteiger partial charge is 0.258 e. The van der Waals surface area contributed by atoms with E-state index in [0.717, 1.165) is 22.5 Å². The molecule has 1 heterocycles. The zero-order valence-electron chi connectivity index (χ0n) is 25.7. The highest BCUT2D eigenvalue weighted by Crippen LogP contribution is 2.38. The molecule has 0 aliphatic rings. The van der Waals surface area contributed by atoms with Crippen LogP contribution in [-0.4, -0.2) is 65.2 Å². The van der Waals surface area contributed by atoms with Crippen LogP contribution in [0.25, 0.3) is 0 Å². The van der Waals surface area contributed by atoms with Crippen LogP contribution in [0.2, 0.25) is 0 Å². The van der Waals surface area contributed by atoms with Gasteiger partial charge in [-0.05, 0) is 47.5 Å². The summed E-state index contributed by atoms with van der Waals surface area (Å²) >= 11 is 0. The number of hydrogen-bond acceptors (Lipinski definition) is 9. The highest BCUT2D eigenvalue weighted by atomic mass is 16.5. The molecular weight excluding hydrogens is 554 g/mol. The van der Waals surface area contributed by atoms with Gasteiger partial charge < -0.3 is 37.7 Å². The first kappa shape index (κ1) is 30.9. The largest absolute Gasteiger partial charge is 0.493 e. The molecule has 4 rings (SSSR count). The molecule has 11 nitrogen and oxygen atoms in total. The van der Waals surface area contributed by atoms with Crippen molar-refractivity contribution in [2.24, 2.45) is 7.05 Å². The number of ether oxygens (including phenoxy) is 7. The topological polar surface area (TPSA) is 112 Å². The first-order chi connectivity index (χ1) is 20.8. The van der Waals surface area contributed by atoms with E-state index in [2.05, 4.69) is 5.32 Å². The molecule has 0 aliphatic heterocycles. The predicted molar refractivity (Wildman–Crippen MR) is 162 cm³/mol. The molecule has 43 heavy (non-hydrogen) atoms. The molecule has 0 atom stereocenters. The molecule has 0 fully saturated rings. The van der Waals surface area contributed by atoms with Crippen molar-refractivity contribution >= 4 is 11.9 Å². The van der Waals surface area contributed by atoms with Crippen LogP contribution in [-0.2, 0) is 19.9 Å². The number of rotatable bonds is 13. The Hall–Kier alpha value is -5.06. The van der Waals surface area contributed by atoms with Gasteiger partial charge in [0.1, 0.15) is 0 Å². The second-order valence-electron chi connectivity index (χ2n) is 9.49. The predicted octanol–water partition coefficient (Wildman–Crippen LogP) is 4.91. The molecule has 4 aromatic rings. The molecular formula is C32H37N3O8. The van der Waals surface area contributed by atoms with E-state index in [0.29, 0.717) is 64.6 Å². The fourth-order valence-electron chi connectivity index (χ4n) is 4.82. The normalized spacial score (nSPS) is 10.6. The summed E-state index contributed by atoms with van der Waals surface area (Å²) in [5.41, 5.74) is 3.95. The van der Waals surface area contributed by atoms with Crippen molar-refractivity contribution in [1.82, 2.24) is 9.55 Å². The Balaban J connectivity index is 1.74. The van der Waals surface area contributed by atoms with Crippen molar-refractivity contribution in [2.45, 2.75) is 12.8 Å². The molecule has 11 heteroatoms. The lowest BCUT2D eigenvalue weighted by molar-refractivity contribution is 0.102. The summed E-state index contributed by atoms with van der Waals surface area (Å²) < 4.78 is 40.0. The molecule has 1 aromatic heterocycles. The van der Waals surface area contributed by atoms with Crippen LogP contribution < -0.4 is 38.5 Å². The van der Waals surface area contributed by atoms with E-state index in [-0.39, 0.29) is 5.91 Å². The number of aromatic nitrogens is 2. The van der Waals surface area contributed by atoms with Crippen LogP contribution in [0, 0.1) is 0 Å². The van der Waals surface area contributed by atoms with Gasteiger partial charge in [-0.1, -0.05) is 12.1 Å². The third-order valence-electron chi connectivity index (χ3n) is 7.09. The molecule has 0 radical (unpaired) electrons. The summed E-state index contributed by atoms with van der Waals surface area (Å²) in [5.74, 6) is 3.65. The van der Waals surface area contributed by atoms with Crippen molar-refractivity contribution in [3.63, 3.8) is 0 Å². The van der Waals surface area contributed by atoms with Gasteiger partial charge in [-0.3, -0.25) is 10.1 Å². The molecule has 0 saturated carbocycles. The van der Waals surface area contributed by atoms with Crippen molar-refractivity contribution in [3.8, 4) is 40.2 Å². The maximum absolute atomic E-state index is 13.5.